The second-order valence-electron chi connectivity index (χ2n) is 6.59. The van der Waals surface area contributed by atoms with Crippen LogP contribution in [-0.2, 0) is 16.7 Å². The summed E-state index contributed by atoms with van der Waals surface area (Å²) in [4.78, 5) is 14.4. The molecule has 0 aliphatic heterocycles. The second kappa shape index (κ2) is 8.90. The molecule has 2 amide bonds. The summed E-state index contributed by atoms with van der Waals surface area (Å²) in [5.74, 6) is 0.176. The van der Waals surface area contributed by atoms with Gasteiger partial charge in [0.2, 0.25) is 0 Å². The molecule has 6 nitrogen and oxygen atoms in total. The van der Waals surface area contributed by atoms with Gasteiger partial charge in [-0.05, 0) is 57.5 Å². The summed E-state index contributed by atoms with van der Waals surface area (Å²) in [6, 6.07) is 14.1. The zero-order valence-electron chi connectivity index (χ0n) is 16.1. The van der Waals surface area contributed by atoms with Crippen LogP contribution in [0, 0.1) is 6.92 Å². The van der Waals surface area contributed by atoms with Crippen LogP contribution in [0.15, 0.2) is 48.5 Å². The minimum atomic E-state index is -3.55. The number of nitrogens with zero attached hydrogens (tertiary/aromatic N) is 1. The van der Waals surface area contributed by atoms with Gasteiger partial charge in [0.15, 0.2) is 0 Å². The summed E-state index contributed by atoms with van der Waals surface area (Å²) < 4.78 is 28.0. The molecule has 0 fully saturated rings. The fourth-order valence-corrected chi connectivity index (χ4v) is 2.90. The molecule has 146 valence electrons. The molecule has 0 bridgehead atoms. The highest BCUT2D eigenvalue weighted by atomic mass is 32.2. The molecule has 1 N–H and O–H groups in total. The van der Waals surface area contributed by atoms with Crippen LogP contribution in [0.5, 0.6) is 5.75 Å². The molecule has 0 saturated carbocycles. The van der Waals surface area contributed by atoms with E-state index < -0.39 is 10.1 Å². The molecule has 7 heteroatoms. The molecule has 0 heterocycles. The molecule has 0 saturated heterocycles. The molecule has 0 atom stereocenters. The van der Waals surface area contributed by atoms with Gasteiger partial charge in [-0.2, -0.15) is 8.42 Å². The van der Waals surface area contributed by atoms with Crippen LogP contribution in [-0.4, -0.2) is 31.1 Å². The Morgan fingerprint density at radius 2 is 1.67 bits per heavy atom. The number of aryl methyl sites for hydroxylation is 1. The Labute approximate surface area is 161 Å². The lowest BCUT2D eigenvalue weighted by Gasteiger charge is -2.27. The van der Waals surface area contributed by atoms with Crippen molar-refractivity contribution in [3.8, 4) is 5.75 Å². The highest BCUT2D eigenvalue weighted by Crippen LogP contribution is 2.18. The Bertz CT molecular complexity index is 860. The Hall–Kier alpha value is -2.54. The number of benzene rings is 2. The van der Waals surface area contributed by atoms with E-state index in [0.717, 1.165) is 16.8 Å². The van der Waals surface area contributed by atoms with Crippen molar-refractivity contribution in [2.45, 2.75) is 40.3 Å². The molecule has 0 aromatic heterocycles. The molecule has 0 unspecified atom stereocenters. The molecule has 2 aromatic carbocycles. The summed E-state index contributed by atoms with van der Waals surface area (Å²) in [5, 5.41) is 2.90. The third kappa shape index (κ3) is 6.29. The van der Waals surface area contributed by atoms with E-state index >= 15 is 0 Å². The number of urea groups is 1. The van der Waals surface area contributed by atoms with Crippen molar-refractivity contribution >= 4 is 21.8 Å². The van der Waals surface area contributed by atoms with Gasteiger partial charge >= 0.3 is 16.1 Å². The van der Waals surface area contributed by atoms with Crippen LogP contribution >= 0.6 is 0 Å². The SMILES string of the molecule is CCS(=O)(=O)Oc1ccc(CN(C(=O)Nc2ccc(C)cc2)C(C)C)cc1. The molecular weight excluding hydrogens is 364 g/mol. The first-order valence-corrected chi connectivity index (χ1v) is 10.4. The van der Waals surface area contributed by atoms with Crippen LogP contribution in [0.25, 0.3) is 0 Å². The summed E-state index contributed by atoms with van der Waals surface area (Å²) in [7, 11) is -3.55. The van der Waals surface area contributed by atoms with Crippen molar-refractivity contribution in [3.63, 3.8) is 0 Å². The van der Waals surface area contributed by atoms with Gasteiger partial charge in [0.05, 0.1) is 5.75 Å². The van der Waals surface area contributed by atoms with Gasteiger partial charge < -0.3 is 14.4 Å². The maximum Gasteiger partial charge on any atom is 0.322 e. The van der Waals surface area contributed by atoms with Crippen molar-refractivity contribution in [3.05, 3.63) is 59.7 Å². The smallest absolute Gasteiger partial charge is 0.322 e. The average Bonchev–Trinajstić information content (AvgIpc) is 2.62. The molecule has 0 spiro atoms. The summed E-state index contributed by atoms with van der Waals surface area (Å²) in [6.07, 6.45) is 0. The lowest BCUT2D eigenvalue weighted by atomic mass is 10.2. The maximum absolute atomic E-state index is 12.6. The largest absolute Gasteiger partial charge is 0.382 e. The fourth-order valence-electron chi connectivity index (χ4n) is 2.37. The van der Waals surface area contributed by atoms with E-state index in [9.17, 15) is 13.2 Å². The standard InChI is InChI=1S/C20H26N2O4S/c1-5-27(24,25)26-19-12-8-17(9-13-19)14-22(15(2)3)20(23)21-18-10-6-16(4)7-11-18/h6-13,15H,5,14H2,1-4H3,(H,21,23). The molecule has 27 heavy (non-hydrogen) atoms. The van der Waals surface area contributed by atoms with Crippen molar-refractivity contribution < 1.29 is 17.4 Å². The first-order valence-electron chi connectivity index (χ1n) is 8.85. The number of hydrogen-bond acceptors (Lipinski definition) is 4. The molecule has 0 aliphatic rings. The van der Waals surface area contributed by atoms with E-state index in [0.29, 0.717) is 6.54 Å². The number of nitrogens with one attached hydrogen (secondary N) is 1. The predicted molar refractivity (Wildman–Crippen MR) is 107 cm³/mol. The molecule has 2 rings (SSSR count). The molecule has 2 aromatic rings. The van der Waals surface area contributed by atoms with Gasteiger partial charge in [0.1, 0.15) is 5.75 Å². The van der Waals surface area contributed by atoms with Crippen LogP contribution in [0.1, 0.15) is 31.9 Å². The summed E-state index contributed by atoms with van der Waals surface area (Å²) in [5.41, 5.74) is 2.75. The van der Waals surface area contributed by atoms with E-state index in [4.69, 9.17) is 4.18 Å². The van der Waals surface area contributed by atoms with E-state index in [-0.39, 0.29) is 23.6 Å². The quantitative estimate of drug-likeness (QED) is 0.720. The van der Waals surface area contributed by atoms with Crippen LogP contribution in [0.4, 0.5) is 10.5 Å². The Balaban J connectivity index is 2.06. The first kappa shape index (κ1) is 20.8. The fraction of sp³-hybridized carbons (Fsp3) is 0.350. The number of hydrogen-bond donors (Lipinski definition) is 1. The normalized spacial score (nSPS) is 11.3. The van der Waals surface area contributed by atoms with E-state index in [2.05, 4.69) is 5.32 Å². The second-order valence-corrected chi connectivity index (χ2v) is 8.45. The number of amides is 2. The lowest BCUT2D eigenvalue weighted by molar-refractivity contribution is 0.193. The number of carbonyl (C=O) groups excluding carboxylic acids is 1. The monoisotopic (exact) mass is 390 g/mol. The molecular formula is C20H26N2O4S. The van der Waals surface area contributed by atoms with E-state index in [1.54, 1.807) is 29.2 Å². The van der Waals surface area contributed by atoms with E-state index in [1.165, 1.54) is 6.92 Å². The average molecular weight is 391 g/mol. The highest BCUT2D eigenvalue weighted by Gasteiger charge is 2.18. The Morgan fingerprint density at radius 3 is 2.19 bits per heavy atom. The Kier molecular flexibility index (Phi) is 6.85. The lowest BCUT2D eigenvalue weighted by Crippen LogP contribution is -2.39. The van der Waals surface area contributed by atoms with Crippen molar-refractivity contribution in [1.29, 1.82) is 0 Å². The van der Waals surface area contributed by atoms with Crippen LogP contribution in [0.3, 0.4) is 0 Å². The van der Waals surface area contributed by atoms with Gasteiger partial charge in [-0.25, -0.2) is 4.79 Å². The van der Waals surface area contributed by atoms with Gasteiger partial charge in [0.25, 0.3) is 0 Å². The third-order valence-corrected chi connectivity index (χ3v) is 5.19. The third-order valence-electron chi connectivity index (χ3n) is 4.04. The number of anilines is 1. The predicted octanol–water partition coefficient (Wildman–Crippen LogP) is 4.17. The van der Waals surface area contributed by atoms with Crippen LogP contribution in [0.2, 0.25) is 0 Å². The zero-order valence-corrected chi connectivity index (χ0v) is 16.9. The van der Waals surface area contributed by atoms with Gasteiger partial charge in [0, 0.05) is 18.3 Å². The minimum Gasteiger partial charge on any atom is -0.382 e. The summed E-state index contributed by atoms with van der Waals surface area (Å²) in [6.45, 7) is 7.80. The van der Waals surface area contributed by atoms with Crippen molar-refractivity contribution in [1.82, 2.24) is 4.90 Å². The molecule has 0 aliphatic carbocycles. The van der Waals surface area contributed by atoms with Gasteiger partial charge in [-0.3, -0.25) is 0 Å². The first-order chi connectivity index (χ1) is 12.7. The van der Waals surface area contributed by atoms with Crippen molar-refractivity contribution in [2.75, 3.05) is 11.1 Å². The van der Waals surface area contributed by atoms with Gasteiger partial charge in [-0.15, -0.1) is 0 Å². The topological polar surface area (TPSA) is 75.7 Å². The van der Waals surface area contributed by atoms with E-state index in [1.807, 2.05) is 45.0 Å². The van der Waals surface area contributed by atoms with Crippen molar-refractivity contribution in [2.24, 2.45) is 0 Å². The Morgan fingerprint density at radius 1 is 1.07 bits per heavy atom. The minimum absolute atomic E-state index is 0.00755. The summed E-state index contributed by atoms with van der Waals surface area (Å²) >= 11 is 0. The number of rotatable bonds is 7. The highest BCUT2D eigenvalue weighted by molar-refractivity contribution is 7.87. The van der Waals surface area contributed by atoms with Gasteiger partial charge in [-0.1, -0.05) is 29.8 Å². The molecule has 0 radical (unpaired) electrons. The maximum atomic E-state index is 12.6. The number of carbonyl (C=O) groups is 1. The van der Waals surface area contributed by atoms with Crippen LogP contribution < -0.4 is 9.50 Å². The zero-order chi connectivity index (χ0) is 20.0.